The van der Waals surface area contributed by atoms with Gasteiger partial charge in [0.1, 0.15) is 11.4 Å². The lowest BCUT2D eigenvalue weighted by Gasteiger charge is -2.37. The van der Waals surface area contributed by atoms with E-state index in [-0.39, 0.29) is 29.5 Å². The van der Waals surface area contributed by atoms with Crippen LogP contribution < -0.4 is 0 Å². The van der Waals surface area contributed by atoms with Crippen LogP contribution in [0.15, 0.2) is 24.0 Å². The lowest BCUT2D eigenvalue weighted by molar-refractivity contribution is -0.154. The van der Waals surface area contributed by atoms with E-state index in [2.05, 4.69) is 0 Å². The summed E-state index contributed by atoms with van der Waals surface area (Å²) in [7, 11) is 0. The quantitative estimate of drug-likeness (QED) is 0.418. The van der Waals surface area contributed by atoms with E-state index in [0.29, 0.717) is 12.8 Å². The molecule has 0 radical (unpaired) electrons. The predicted octanol–water partition coefficient (Wildman–Crippen LogP) is 2.33. The molecular weight excluding hydrogens is 348 g/mol. The van der Waals surface area contributed by atoms with Crippen LogP contribution in [0.1, 0.15) is 53.4 Å². The zero-order valence-corrected chi connectivity index (χ0v) is 16.5. The maximum atomic E-state index is 13.1. The van der Waals surface area contributed by atoms with Crippen LogP contribution in [0.25, 0.3) is 0 Å². The number of allylic oxidation sites excluding steroid dienone is 2. The van der Waals surface area contributed by atoms with Crippen LogP contribution in [0, 0.1) is 23.2 Å². The molecule has 0 amide bonds. The van der Waals surface area contributed by atoms with Crippen molar-refractivity contribution in [3.63, 3.8) is 0 Å². The Labute approximate surface area is 160 Å². The number of ether oxygens (including phenoxy) is 1. The normalized spacial score (nSPS) is 35.8. The van der Waals surface area contributed by atoms with Crippen molar-refractivity contribution in [2.75, 3.05) is 6.61 Å². The van der Waals surface area contributed by atoms with Gasteiger partial charge in [-0.25, -0.2) is 4.79 Å². The van der Waals surface area contributed by atoms with Gasteiger partial charge >= 0.3 is 5.97 Å². The number of carbonyl (C=O) groups is 3. The van der Waals surface area contributed by atoms with Gasteiger partial charge in [-0.2, -0.15) is 0 Å². The van der Waals surface area contributed by atoms with Crippen molar-refractivity contribution < 1.29 is 29.3 Å². The molecule has 27 heavy (non-hydrogen) atoms. The molecule has 5 atom stereocenters. The van der Waals surface area contributed by atoms with E-state index < -0.39 is 29.9 Å². The second kappa shape index (κ2) is 8.07. The lowest BCUT2D eigenvalue weighted by Crippen LogP contribution is -2.51. The number of hydrogen-bond donors (Lipinski definition) is 2. The van der Waals surface area contributed by atoms with E-state index in [1.807, 2.05) is 6.92 Å². The molecule has 0 aromatic rings. The average molecular weight is 378 g/mol. The molecule has 0 heterocycles. The molecule has 2 saturated carbocycles. The Balaban J connectivity index is 2.38. The summed E-state index contributed by atoms with van der Waals surface area (Å²) < 4.78 is 5.11. The fourth-order valence-corrected chi connectivity index (χ4v) is 4.72. The Hall–Kier alpha value is -1.79. The van der Waals surface area contributed by atoms with E-state index in [4.69, 9.17) is 4.74 Å². The molecule has 0 aromatic heterocycles. The van der Waals surface area contributed by atoms with Crippen molar-refractivity contribution in [1.29, 1.82) is 0 Å². The number of hydrogen-bond acceptors (Lipinski definition) is 6. The van der Waals surface area contributed by atoms with E-state index >= 15 is 0 Å². The number of ketones is 2. The molecule has 0 spiro atoms. The van der Waals surface area contributed by atoms with Gasteiger partial charge in [-0.1, -0.05) is 12.5 Å². The van der Waals surface area contributed by atoms with Crippen LogP contribution in [0.2, 0.25) is 0 Å². The monoisotopic (exact) mass is 378 g/mol. The van der Waals surface area contributed by atoms with Crippen molar-refractivity contribution in [1.82, 2.24) is 0 Å². The van der Waals surface area contributed by atoms with Gasteiger partial charge in [0.25, 0.3) is 0 Å². The fraction of sp³-hybridized carbons (Fsp3) is 0.667. The number of rotatable bonds is 6. The Kier molecular flexibility index (Phi) is 6.43. The molecule has 2 aliphatic carbocycles. The molecule has 6 heteroatoms. The molecule has 2 bridgehead atoms. The summed E-state index contributed by atoms with van der Waals surface area (Å²) in [4.78, 5) is 36.7. The molecular formula is C21H30O6. The maximum Gasteiger partial charge on any atom is 0.335 e. The van der Waals surface area contributed by atoms with Crippen molar-refractivity contribution in [2.24, 2.45) is 23.2 Å². The third-order valence-electron chi connectivity index (χ3n) is 6.08. The number of aliphatic hydroxyl groups is 2. The summed E-state index contributed by atoms with van der Waals surface area (Å²) in [5.74, 6) is -2.60. The molecule has 2 aliphatic rings. The van der Waals surface area contributed by atoms with Gasteiger partial charge in [0.2, 0.25) is 0 Å². The van der Waals surface area contributed by atoms with E-state index in [1.54, 1.807) is 19.9 Å². The number of carbonyl (C=O) groups excluding carboxylic acids is 3. The third kappa shape index (κ3) is 4.38. The summed E-state index contributed by atoms with van der Waals surface area (Å²) in [6.45, 7) is 6.36. The zero-order chi connectivity index (χ0) is 20.4. The summed E-state index contributed by atoms with van der Waals surface area (Å²) in [5, 5.41) is 20.7. The first kappa shape index (κ1) is 21.5. The van der Waals surface area contributed by atoms with E-state index in [1.165, 1.54) is 19.3 Å². The fourth-order valence-electron chi connectivity index (χ4n) is 4.72. The third-order valence-corrected chi connectivity index (χ3v) is 6.08. The molecule has 2 fully saturated rings. The van der Waals surface area contributed by atoms with Gasteiger partial charge in [0.15, 0.2) is 5.78 Å². The van der Waals surface area contributed by atoms with Crippen LogP contribution in [-0.2, 0) is 19.1 Å². The highest BCUT2D eigenvalue weighted by Gasteiger charge is 2.59. The van der Waals surface area contributed by atoms with Gasteiger partial charge in [-0.05, 0) is 63.4 Å². The molecule has 0 aromatic carbocycles. The number of esters is 1. The first-order chi connectivity index (χ1) is 12.5. The van der Waals surface area contributed by atoms with Gasteiger partial charge in [0, 0.05) is 18.4 Å². The van der Waals surface area contributed by atoms with Crippen molar-refractivity contribution in [2.45, 2.75) is 59.0 Å². The number of fused-ring (bicyclic) bond motifs is 2. The summed E-state index contributed by atoms with van der Waals surface area (Å²) in [6.07, 6.45) is 6.28. The average Bonchev–Trinajstić information content (AvgIpc) is 2.96. The molecule has 2 N–H and O–H groups in total. The summed E-state index contributed by atoms with van der Waals surface area (Å²) in [5.41, 5.74) is -1.33. The highest BCUT2D eigenvalue weighted by Crippen LogP contribution is 2.57. The second-order valence-electron chi connectivity index (χ2n) is 8.57. The Bertz CT molecular complexity index is 674. The zero-order valence-electron chi connectivity index (χ0n) is 16.5. The predicted molar refractivity (Wildman–Crippen MR) is 99.4 cm³/mol. The minimum atomic E-state index is -1.82. The Morgan fingerprint density at radius 2 is 1.96 bits per heavy atom. The van der Waals surface area contributed by atoms with Crippen LogP contribution in [0.3, 0.4) is 0 Å². The molecule has 0 saturated heterocycles. The van der Waals surface area contributed by atoms with Crippen molar-refractivity contribution in [3.8, 4) is 0 Å². The van der Waals surface area contributed by atoms with Crippen molar-refractivity contribution in [3.05, 3.63) is 24.0 Å². The minimum Gasteiger partial charge on any atom is -0.432 e. The summed E-state index contributed by atoms with van der Waals surface area (Å²) in [6, 6.07) is 0. The standard InChI is InChI=1S/C21H30O6/c1-13(2)9-18(24)27-8-6-17-16(10-14(3)23)19(25)21(26,12-22)15-5-7-20(17,4)11-15/h6,8-9,15-17,22,26H,5,7,10-12H2,1-4H3/b8-6+/t15-,16+,17+,20-,21-/m1/s1. The SMILES string of the molecule is CC(=O)C[C@@H]1C(=O)[C@@](O)(CO)[C@@H]2CC[C@](C)(C2)[C@H]1/C=C/OC(=O)C=C(C)C. The van der Waals surface area contributed by atoms with Crippen molar-refractivity contribution >= 4 is 17.5 Å². The van der Waals surface area contributed by atoms with E-state index in [9.17, 15) is 24.6 Å². The highest BCUT2D eigenvalue weighted by molar-refractivity contribution is 5.94. The van der Waals surface area contributed by atoms with E-state index in [0.717, 1.165) is 12.0 Å². The lowest BCUT2D eigenvalue weighted by atomic mass is 9.67. The number of aliphatic hydroxyl groups excluding tert-OH is 1. The van der Waals surface area contributed by atoms with Crippen LogP contribution >= 0.6 is 0 Å². The van der Waals surface area contributed by atoms with Gasteiger partial charge in [0.05, 0.1) is 12.9 Å². The minimum absolute atomic E-state index is 0.0135. The first-order valence-electron chi connectivity index (χ1n) is 9.42. The second-order valence-corrected chi connectivity index (χ2v) is 8.57. The van der Waals surface area contributed by atoms with Gasteiger partial charge < -0.3 is 19.7 Å². The molecule has 0 unspecified atom stereocenters. The highest BCUT2D eigenvalue weighted by atomic mass is 16.5. The largest absolute Gasteiger partial charge is 0.432 e. The van der Waals surface area contributed by atoms with Gasteiger partial charge in [-0.3, -0.25) is 4.79 Å². The van der Waals surface area contributed by atoms with Gasteiger partial charge in [-0.15, -0.1) is 0 Å². The molecule has 150 valence electrons. The van der Waals surface area contributed by atoms with Crippen LogP contribution in [0.4, 0.5) is 0 Å². The maximum absolute atomic E-state index is 13.1. The first-order valence-corrected chi connectivity index (χ1v) is 9.42. The van der Waals surface area contributed by atoms with Crippen LogP contribution in [0.5, 0.6) is 0 Å². The Morgan fingerprint density at radius 3 is 2.52 bits per heavy atom. The Morgan fingerprint density at radius 1 is 1.30 bits per heavy atom. The molecule has 6 nitrogen and oxygen atoms in total. The smallest absolute Gasteiger partial charge is 0.335 e. The molecule has 2 rings (SSSR count). The summed E-state index contributed by atoms with van der Waals surface area (Å²) >= 11 is 0. The van der Waals surface area contributed by atoms with Crippen LogP contribution in [-0.4, -0.2) is 40.0 Å². The topological polar surface area (TPSA) is 101 Å². The number of Topliss-reactive ketones (excluding diaryl/α,β-unsaturated/α-hetero) is 2. The molecule has 0 aliphatic heterocycles.